The van der Waals surface area contributed by atoms with E-state index in [4.69, 9.17) is 4.42 Å². The molecular formula is C18H21F2N3O3S. The van der Waals surface area contributed by atoms with Gasteiger partial charge in [-0.3, -0.25) is 4.79 Å². The molecule has 2 aromatic rings. The van der Waals surface area contributed by atoms with Crippen molar-refractivity contribution in [3.05, 3.63) is 24.3 Å². The van der Waals surface area contributed by atoms with Crippen LogP contribution in [-0.2, 0) is 4.79 Å². The molecule has 0 atom stereocenters. The molecule has 146 valence electrons. The monoisotopic (exact) mass is 397 g/mol. The van der Waals surface area contributed by atoms with Gasteiger partial charge in [0.25, 0.3) is 5.22 Å². The first-order valence-corrected chi connectivity index (χ1v) is 9.79. The summed E-state index contributed by atoms with van der Waals surface area (Å²) < 4.78 is 34.1. The van der Waals surface area contributed by atoms with E-state index in [9.17, 15) is 13.6 Å². The van der Waals surface area contributed by atoms with E-state index in [1.807, 2.05) is 0 Å². The first-order chi connectivity index (χ1) is 13.0. The van der Waals surface area contributed by atoms with Crippen molar-refractivity contribution in [3.63, 3.8) is 0 Å². The van der Waals surface area contributed by atoms with Gasteiger partial charge in [-0.1, -0.05) is 18.7 Å². The number of carbonyl (C=O) groups is 1. The first kappa shape index (κ1) is 19.6. The van der Waals surface area contributed by atoms with Crippen molar-refractivity contribution in [2.45, 2.75) is 50.5 Å². The second-order valence-corrected chi connectivity index (χ2v) is 7.52. The van der Waals surface area contributed by atoms with E-state index >= 15 is 0 Å². The van der Waals surface area contributed by atoms with Gasteiger partial charge in [0.05, 0.1) is 5.75 Å². The molecule has 1 heterocycles. The molecule has 1 aromatic heterocycles. The highest BCUT2D eigenvalue weighted by Crippen LogP contribution is 2.26. The molecule has 1 aliphatic carbocycles. The second kappa shape index (κ2) is 9.16. The average molecular weight is 397 g/mol. The van der Waals surface area contributed by atoms with Crippen molar-refractivity contribution in [2.75, 3.05) is 5.75 Å². The molecule has 1 fully saturated rings. The summed E-state index contributed by atoms with van der Waals surface area (Å²) in [6.07, 6.45) is 4.33. The van der Waals surface area contributed by atoms with Crippen LogP contribution in [0.3, 0.4) is 0 Å². The third kappa shape index (κ3) is 5.92. The Morgan fingerprint density at radius 3 is 2.63 bits per heavy atom. The quantitative estimate of drug-likeness (QED) is 0.708. The van der Waals surface area contributed by atoms with Crippen LogP contribution in [-0.4, -0.2) is 34.5 Å². The highest BCUT2D eigenvalue weighted by Gasteiger charge is 2.20. The average Bonchev–Trinajstić information content (AvgIpc) is 3.11. The fraction of sp³-hybridized carbons (Fsp3) is 0.500. The Labute approximate surface area is 160 Å². The molecule has 1 aliphatic rings. The molecule has 0 spiro atoms. The van der Waals surface area contributed by atoms with E-state index in [1.54, 1.807) is 12.1 Å². The number of nitrogens with one attached hydrogen (secondary N) is 1. The van der Waals surface area contributed by atoms with Crippen molar-refractivity contribution >= 4 is 17.7 Å². The van der Waals surface area contributed by atoms with Crippen molar-refractivity contribution in [1.29, 1.82) is 0 Å². The molecule has 0 unspecified atom stereocenters. The van der Waals surface area contributed by atoms with Crippen LogP contribution in [0.25, 0.3) is 11.5 Å². The Kier molecular flexibility index (Phi) is 6.65. The second-order valence-electron chi connectivity index (χ2n) is 6.59. The molecule has 1 amide bonds. The van der Waals surface area contributed by atoms with E-state index < -0.39 is 6.61 Å². The zero-order valence-electron chi connectivity index (χ0n) is 14.9. The Morgan fingerprint density at radius 1 is 1.26 bits per heavy atom. The minimum Gasteiger partial charge on any atom is -0.435 e. The molecular weight excluding hydrogens is 376 g/mol. The minimum atomic E-state index is -2.87. The summed E-state index contributed by atoms with van der Waals surface area (Å²) in [5.41, 5.74) is 0.580. The predicted molar refractivity (Wildman–Crippen MR) is 96.7 cm³/mol. The van der Waals surface area contributed by atoms with Crippen molar-refractivity contribution in [1.82, 2.24) is 15.5 Å². The largest absolute Gasteiger partial charge is 0.435 e. The fourth-order valence-electron chi connectivity index (χ4n) is 2.96. The van der Waals surface area contributed by atoms with E-state index in [0.717, 1.165) is 31.6 Å². The van der Waals surface area contributed by atoms with Gasteiger partial charge in [-0.15, -0.1) is 10.2 Å². The number of rotatable bonds is 7. The third-order valence-corrected chi connectivity index (χ3v) is 5.26. The van der Waals surface area contributed by atoms with Crippen LogP contribution in [0.1, 0.15) is 32.6 Å². The topological polar surface area (TPSA) is 77.2 Å². The van der Waals surface area contributed by atoms with Crippen LogP contribution in [0.4, 0.5) is 8.78 Å². The highest BCUT2D eigenvalue weighted by atomic mass is 32.2. The van der Waals surface area contributed by atoms with Gasteiger partial charge < -0.3 is 14.5 Å². The van der Waals surface area contributed by atoms with Gasteiger partial charge in [0, 0.05) is 11.6 Å². The Balaban J connectivity index is 1.48. The summed E-state index contributed by atoms with van der Waals surface area (Å²) in [5.74, 6) is 1.20. The van der Waals surface area contributed by atoms with Gasteiger partial charge in [0.15, 0.2) is 0 Å². The number of alkyl halides is 2. The summed E-state index contributed by atoms with van der Waals surface area (Å²) in [6, 6.07) is 6.16. The predicted octanol–water partition coefficient (Wildman–Crippen LogP) is 4.13. The standard InChI is InChI=1S/C18H21F2N3O3S/c1-11-2-6-13(7-3-11)21-15(24)10-27-18-23-22-16(26-18)12-4-8-14(9-5-12)25-17(19)20/h4-5,8-9,11,13,17H,2-3,6-7,10H2,1H3,(H,21,24). The van der Waals surface area contributed by atoms with Gasteiger partial charge in [0.1, 0.15) is 5.75 Å². The Bertz CT molecular complexity index is 747. The fourth-order valence-corrected chi connectivity index (χ4v) is 3.54. The highest BCUT2D eigenvalue weighted by molar-refractivity contribution is 7.99. The maximum absolute atomic E-state index is 12.2. The number of nitrogens with zero attached hydrogens (tertiary/aromatic N) is 2. The maximum atomic E-state index is 12.2. The van der Waals surface area contributed by atoms with Crippen molar-refractivity contribution in [3.8, 4) is 17.2 Å². The maximum Gasteiger partial charge on any atom is 0.387 e. The van der Waals surface area contributed by atoms with Crippen molar-refractivity contribution < 1.29 is 22.7 Å². The lowest BCUT2D eigenvalue weighted by Gasteiger charge is -2.26. The number of halogens is 2. The number of amides is 1. The van der Waals surface area contributed by atoms with Crippen LogP contribution >= 0.6 is 11.8 Å². The summed E-state index contributed by atoms with van der Waals surface area (Å²) >= 11 is 1.17. The van der Waals surface area contributed by atoms with Crippen LogP contribution in [0.5, 0.6) is 5.75 Å². The molecule has 1 saturated carbocycles. The van der Waals surface area contributed by atoms with Crippen molar-refractivity contribution in [2.24, 2.45) is 5.92 Å². The van der Waals surface area contributed by atoms with Crippen LogP contribution in [0, 0.1) is 5.92 Å². The molecule has 0 aliphatic heterocycles. The zero-order valence-corrected chi connectivity index (χ0v) is 15.7. The third-order valence-electron chi connectivity index (χ3n) is 4.44. The summed E-state index contributed by atoms with van der Waals surface area (Å²) in [7, 11) is 0. The number of aromatic nitrogens is 2. The number of ether oxygens (including phenoxy) is 1. The molecule has 1 N–H and O–H groups in total. The van der Waals surface area contributed by atoms with Gasteiger partial charge in [-0.25, -0.2) is 0 Å². The minimum absolute atomic E-state index is 0.0483. The zero-order chi connectivity index (χ0) is 19.2. The van der Waals surface area contributed by atoms with Gasteiger partial charge in [0.2, 0.25) is 11.8 Å². The molecule has 1 aromatic carbocycles. The SMILES string of the molecule is CC1CCC(NC(=O)CSc2nnc(-c3ccc(OC(F)F)cc3)o2)CC1. The smallest absolute Gasteiger partial charge is 0.387 e. The summed E-state index contributed by atoms with van der Waals surface area (Å²) in [4.78, 5) is 12.1. The molecule has 27 heavy (non-hydrogen) atoms. The van der Waals surface area contributed by atoms with Crippen LogP contribution < -0.4 is 10.1 Å². The van der Waals surface area contributed by atoms with E-state index in [2.05, 4.69) is 27.2 Å². The van der Waals surface area contributed by atoms with Gasteiger partial charge in [-0.2, -0.15) is 8.78 Å². The van der Waals surface area contributed by atoms with Gasteiger partial charge >= 0.3 is 6.61 Å². The summed E-state index contributed by atoms with van der Waals surface area (Å²) in [6.45, 7) is -0.633. The molecule has 3 rings (SSSR count). The number of hydrogen-bond acceptors (Lipinski definition) is 6. The van der Waals surface area contributed by atoms with Crippen LogP contribution in [0.15, 0.2) is 33.9 Å². The first-order valence-electron chi connectivity index (χ1n) is 8.80. The molecule has 0 radical (unpaired) electrons. The number of benzene rings is 1. The Hall–Kier alpha value is -2.16. The normalized spacial score (nSPS) is 19.9. The lowest BCUT2D eigenvalue weighted by Crippen LogP contribution is -2.38. The molecule has 6 nitrogen and oxygen atoms in total. The van der Waals surface area contributed by atoms with E-state index in [-0.39, 0.29) is 34.6 Å². The summed E-state index contributed by atoms with van der Waals surface area (Å²) in [5, 5.41) is 11.2. The molecule has 0 bridgehead atoms. The van der Waals surface area contributed by atoms with Crippen LogP contribution in [0.2, 0.25) is 0 Å². The number of carbonyl (C=O) groups excluding carboxylic acids is 1. The molecule has 0 saturated heterocycles. The lowest BCUT2D eigenvalue weighted by molar-refractivity contribution is -0.119. The Morgan fingerprint density at radius 2 is 1.96 bits per heavy atom. The number of thioether (sulfide) groups is 1. The van der Waals surface area contributed by atoms with E-state index in [1.165, 1.54) is 23.9 Å². The molecule has 9 heteroatoms. The van der Waals surface area contributed by atoms with Gasteiger partial charge in [-0.05, 0) is 55.9 Å². The lowest BCUT2D eigenvalue weighted by atomic mass is 9.87. The number of hydrogen-bond donors (Lipinski definition) is 1. The van der Waals surface area contributed by atoms with E-state index in [0.29, 0.717) is 5.56 Å².